The Hall–Kier alpha value is -0.0400. The molecule has 1 aliphatic heterocycles. The Balaban J connectivity index is 1.96. The van der Waals surface area contributed by atoms with Crippen molar-refractivity contribution in [1.82, 2.24) is 4.72 Å². The van der Waals surface area contributed by atoms with Crippen LogP contribution in [0, 0.1) is 0 Å². The summed E-state index contributed by atoms with van der Waals surface area (Å²) in [6.07, 6.45) is 3.57. The van der Waals surface area contributed by atoms with Crippen LogP contribution in [0.4, 0.5) is 0 Å². The summed E-state index contributed by atoms with van der Waals surface area (Å²) in [4.78, 5) is 0.345. The van der Waals surface area contributed by atoms with Crippen LogP contribution in [0.1, 0.15) is 24.8 Å². The number of hydrogen-bond acceptors (Lipinski definition) is 3. The standard InChI is InChI=1S/C13H18BrNO2S2/c14-9-11-4-6-13(7-5-11)19(16,17)15-10-12-3-1-2-8-18-12/h4-7,12,15H,1-3,8-10H2. The van der Waals surface area contributed by atoms with Crippen molar-refractivity contribution in [2.45, 2.75) is 34.7 Å². The van der Waals surface area contributed by atoms with Crippen LogP contribution in [0.5, 0.6) is 0 Å². The number of rotatable bonds is 5. The number of nitrogens with one attached hydrogen (secondary N) is 1. The van der Waals surface area contributed by atoms with Gasteiger partial charge in [0.05, 0.1) is 4.90 Å². The molecule has 0 aliphatic carbocycles. The lowest BCUT2D eigenvalue weighted by molar-refractivity contribution is 0.574. The van der Waals surface area contributed by atoms with E-state index in [0.29, 0.717) is 16.7 Å². The van der Waals surface area contributed by atoms with Gasteiger partial charge < -0.3 is 0 Å². The molecule has 1 aliphatic rings. The zero-order valence-corrected chi connectivity index (χ0v) is 13.9. The summed E-state index contributed by atoms with van der Waals surface area (Å²) in [7, 11) is -3.36. The molecule has 6 heteroatoms. The highest BCUT2D eigenvalue weighted by Crippen LogP contribution is 2.24. The minimum atomic E-state index is -3.36. The van der Waals surface area contributed by atoms with Gasteiger partial charge in [-0.05, 0) is 36.3 Å². The van der Waals surface area contributed by atoms with Gasteiger partial charge in [0.2, 0.25) is 10.0 Å². The maximum Gasteiger partial charge on any atom is 0.240 e. The minimum absolute atomic E-state index is 0.345. The van der Waals surface area contributed by atoms with E-state index in [4.69, 9.17) is 0 Å². The predicted molar refractivity (Wildman–Crippen MR) is 84.4 cm³/mol. The van der Waals surface area contributed by atoms with Gasteiger partial charge in [-0.2, -0.15) is 11.8 Å². The topological polar surface area (TPSA) is 46.2 Å². The van der Waals surface area contributed by atoms with Crippen LogP contribution in [0.2, 0.25) is 0 Å². The average molecular weight is 364 g/mol. The van der Waals surface area contributed by atoms with Gasteiger partial charge in [-0.15, -0.1) is 0 Å². The first-order valence-corrected chi connectivity index (χ1v) is 10.0. The molecular formula is C13H18BrNO2S2. The molecule has 1 unspecified atom stereocenters. The van der Waals surface area contributed by atoms with Gasteiger partial charge >= 0.3 is 0 Å². The van der Waals surface area contributed by atoms with Gasteiger partial charge in [-0.25, -0.2) is 13.1 Å². The summed E-state index contributed by atoms with van der Waals surface area (Å²) < 4.78 is 27.0. The molecule has 1 saturated heterocycles. The summed E-state index contributed by atoms with van der Waals surface area (Å²) >= 11 is 5.22. The summed E-state index contributed by atoms with van der Waals surface area (Å²) in [5.74, 6) is 1.15. The highest BCUT2D eigenvalue weighted by molar-refractivity contribution is 9.08. The first-order valence-electron chi connectivity index (χ1n) is 6.38. The van der Waals surface area contributed by atoms with E-state index in [1.165, 1.54) is 12.8 Å². The van der Waals surface area contributed by atoms with Crippen LogP contribution >= 0.6 is 27.7 Å². The number of halogens is 1. The summed E-state index contributed by atoms with van der Waals surface area (Å²) in [5, 5.41) is 1.16. The van der Waals surface area contributed by atoms with Gasteiger partial charge in [0.1, 0.15) is 0 Å². The molecule has 1 aromatic rings. The van der Waals surface area contributed by atoms with Crippen molar-refractivity contribution in [3.05, 3.63) is 29.8 Å². The van der Waals surface area contributed by atoms with Crippen LogP contribution < -0.4 is 4.72 Å². The SMILES string of the molecule is O=S(=O)(NCC1CCCCS1)c1ccc(CBr)cc1. The molecule has 1 aromatic carbocycles. The van der Waals surface area contributed by atoms with Gasteiger partial charge in [-0.1, -0.05) is 34.5 Å². The fourth-order valence-corrected chi connectivity index (χ4v) is 4.81. The lowest BCUT2D eigenvalue weighted by Gasteiger charge is -2.21. The number of sulfonamides is 1. The third kappa shape index (κ3) is 4.48. The molecular weight excluding hydrogens is 346 g/mol. The summed E-state index contributed by atoms with van der Waals surface area (Å²) in [6, 6.07) is 6.98. The normalized spacial score (nSPS) is 20.4. The largest absolute Gasteiger partial charge is 0.240 e. The first-order chi connectivity index (χ1) is 9.12. The van der Waals surface area contributed by atoms with E-state index in [1.54, 1.807) is 12.1 Å². The molecule has 1 heterocycles. The maximum absolute atomic E-state index is 12.1. The molecule has 0 radical (unpaired) electrons. The molecule has 106 valence electrons. The minimum Gasteiger partial charge on any atom is -0.210 e. The van der Waals surface area contributed by atoms with Crippen molar-refractivity contribution in [2.24, 2.45) is 0 Å². The highest BCUT2D eigenvalue weighted by atomic mass is 79.9. The van der Waals surface area contributed by atoms with Crippen LogP contribution in [0.3, 0.4) is 0 Å². The molecule has 0 amide bonds. The summed E-state index contributed by atoms with van der Waals surface area (Å²) in [6.45, 7) is 0.535. The van der Waals surface area contributed by atoms with Gasteiger partial charge in [-0.3, -0.25) is 0 Å². The highest BCUT2D eigenvalue weighted by Gasteiger charge is 2.18. The van der Waals surface area contributed by atoms with Gasteiger partial charge in [0.15, 0.2) is 0 Å². The predicted octanol–water partition coefficient (Wildman–Crippen LogP) is 3.15. The smallest absolute Gasteiger partial charge is 0.210 e. The van der Waals surface area contributed by atoms with Crippen molar-refractivity contribution >= 4 is 37.7 Å². The average Bonchev–Trinajstić information content (AvgIpc) is 2.46. The molecule has 1 atom stereocenters. The van der Waals surface area contributed by atoms with E-state index in [0.717, 1.165) is 23.1 Å². The van der Waals surface area contributed by atoms with Crippen molar-refractivity contribution in [3.8, 4) is 0 Å². The Bertz CT molecular complexity index is 496. The lowest BCUT2D eigenvalue weighted by atomic mass is 10.2. The van der Waals surface area contributed by atoms with E-state index < -0.39 is 10.0 Å². The Morgan fingerprint density at radius 2 is 2.00 bits per heavy atom. The third-order valence-electron chi connectivity index (χ3n) is 3.16. The van der Waals surface area contributed by atoms with Crippen LogP contribution in [0.25, 0.3) is 0 Å². The molecule has 1 fully saturated rings. The number of hydrogen-bond donors (Lipinski definition) is 1. The van der Waals surface area contributed by atoms with E-state index >= 15 is 0 Å². The third-order valence-corrected chi connectivity index (χ3v) is 6.65. The fourth-order valence-electron chi connectivity index (χ4n) is 2.01. The van der Waals surface area contributed by atoms with Crippen LogP contribution in [-0.2, 0) is 15.4 Å². The van der Waals surface area contributed by atoms with Crippen molar-refractivity contribution in [2.75, 3.05) is 12.3 Å². The second kappa shape index (κ2) is 7.11. The second-order valence-corrected chi connectivity index (χ2v) is 8.35. The Morgan fingerprint density at radius 1 is 1.26 bits per heavy atom. The van der Waals surface area contributed by atoms with Crippen LogP contribution in [0.15, 0.2) is 29.2 Å². The van der Waals surface area contributed by atoms with Crippen molar-refractivity contribution in [3.63, 3.8) is 0 Å². The molecule has 3 nitrogen and oxygen atoms in total. The molecule has 0 spiro atoms. The van der Waals surface area contributed by atoms with Gasteiger partial charge in [0.25, 0.3) is 0 Å². The first kappa shape index (κ1) is 15.4. The fraction of sp³-hybridized carbons (Fsp3) is 0.538. The Kier molecular flexibility index (Phi) is 5.74. The zero-order chi connectivity index (χ0) is 13.7. The number of thioether (sulfide) groups is 1. The quantitative estimate of drug-likeness (QED) is 0.817. The second-order valence-electron chi connectivity index (χ2n) is 4.62. The van der Waals surface area contributed by atoms with E-state index in [-0.39, 0.29) is 0 Å². The zero-order valence-electron chi connectivity index (χ0n) is 10.6. The van der Waals surface area contributed by atoms with E-state index in [2.05, 4.69) is 20.7 Å². The lowest BCUT2D eigenvalue weighted by Crippen LogP contribution is -2.31. The van der Waals surface area contributed by atoms with Gasteiger partial charge in [0, 0.05) is 17.1 Å². The molecule has 1 N–H and O–H groups in total. The number of benzene rings is 1. The van der Waals surface area contributed by atoms with E-state index in [1.807, 2.05) is 23.9 Å². The molecule has 0 bridgehead atoms. The monoisotopic (exact) mass is 363 g/mol. The number of alkyl halides is 1. The maximum atomic E-state index is 12.1. The van der Waals surface area contributed by atoms with Crippen molar-refractivity contribution < 1.29 is 8.42 Å². The molecule has 0 saturated carbocycles. The van der Waals surface area contributed by atoms with Crippen molar-refractivity contribution in [1.29, 1.82) is 0 Å². The summed E-state index contributed by atoms with van der Waals surface area (Å²) in [5.41, 5.74) is 1.07. The molecule has 2 rings (SSSR count). The van der Waals surface area contributed by atoms with Crippen LogP contribution in [-0.4, -0.2) is 26.0 Å². The Labute approximate surface area is 127 Å². The Morgan fingerprint density at radius 3 is 2.58 bits per heavy atom. The molecule has 19 heavy (non-hydrogen) atoms. The van der Waals surface area contributed by atoms with E-state index in [9.17, 15) is 8.42 Å². The molecule has 0 aromatic heterocycles.